The van der Waals surface area contributed by atoms with Crippen LogP contribution in [-0.2, 0) is 0 Å². The molecule has 4 aromatic carbocycles. The summed E-state index contributed by atoms with van der Waals surface area (Å²) >= 11 is 1.53. The van der Waals surface area contributed by atoms with E-state index in [4.69, 9.17) is 0 Å². The van der Waals surface area contributed by atoms with Crippen molar-refractivity contribution in [2.45, 2.75) is 23.6 Å². The minimum Gasteiger partial charge on any atom is -0.289 e. The third-order valence-corrected chi connectivity index (χ3v) is 6.47. The van der Waals surface area contributed by atoms with Crippen LogP contribution in [0, 0.1) is 13.8 Å². The second-order valence-electron chi connectivity index (χ2n) is 7.77. The molecule has 0 bridgehead atoms. The van der Waals surface area contributed by atoms with Crippen molar-refractivity contribution >= 4 is 29.1 Å². The summed E-state index contributed by atoms with van der Waals surface area (Å²) in [5, 5.41) is 0. The quantitative estimate of drug-likeness (QED) is 0.231. The molecule has 0 amide bonds. The van der Waals surface area contributed by atoms with Gasteiger partial charge in [-0.2, -0.15) is 0 Å². The average molecular weight is 451 g/mol. The van der Waals surface area contributed by atoms with Crippen LogP contribution in [0.3, 0.4) is 0 Å². The number of Topliss-reactive ketones (excluding diaryl/α,β-unsaturated/α-hetero) is 2. The molecule has 0 heterocycles. The lowest BCUT2D eigenvalue weighted by atomic mass is 9.98. The fourth-order valence-corrected chi connectivity index (χ4v) is 4.37. The molecule has 0 radical (unpaired) electrons. The molecule has 0 N–H and O–H groups in total. The van der Waals surface area contributed by atoms with Crippen LogP contribution in [0.25, 0.3) is 0 Å². The predicted octanol–water partition coefficient (Wildman–Crippen LogP) is 6.75. The van der Waals surface area contributed by atoms with Gasteiger partial charge in [0.15, 0.2) is 5.78 Å². The Morgan fingerprint density at radius 1 is 0.515 bits per heavy atom. The lowest BCUT2D eigenvalue weighted by molar-refractivity contribution is 0.0816. The van der Waals surface area contributed by atoms with Crippen molar-refractivity contribution in [3.8, 4) is 0 Å². The lowest BCUT2D eigenvalue weighted by Crippen LogP contribution is -2.15. The van der Waals surface area contributed by atoms with Crippen LogP contribution in [-0.4, -0.2) is 17.3 Å². The molecule has 0 atom stereocenters. The summed E-state index contributed by atoms with van der Waals surface area (Å²) in [6.07, 6.45) is 0. The summed E-state index contributed by atoms with van der Waals surface area (Å²) < 4.78 is 0. The molecule has 162 valence electrons. The van der Waals surface area contributed by atoms with Gasteiger partial charge in [0.2, 0.25) is 11.6 Å². The molecular weight excluding hydrogens is 428 g/mol. The molecule has 4 aromatic rings. The molecule has 0 fully saturated rings. The minimum atomic E-state index is -0.514. The molecule has 3 nitrogen and oxygen atoms in total. The zero-order valence-corrected chi connectivity index (χ0v) is 19.2. The van der Waals surface area contributed by atoms with Gasteiger partial charge in [-0.25, -0.2) is 0 Å². The first kappa shape index (κ1) is 22.4. The van der Waals surface area contributed by atoms with Gasteiger partial charge in [0.25, 0.3) is 0 Å². The number of hydrogen-bond donors (Lipinski definition) is 0. The lowest BCUT2D eigenvalue weighted by Gasteiger charge is -2.07. The number of hydrogen-bond acceptors (Lipinski definition) is 4. The Labute approximate surface area is 197 Å². The predicted molar refractivity (Wildman–Crippen MR) is 131 cm³/mol. The molecular formula is C29H22O3S. The molecule has 0 aliphatic carbocycles. The number of aryl methyl sites for hydroxylation is 2. The second-order valence-corrected chi connectivity index (χ2v) is 8.91. The van der Waals surface area contributed by atoms with E-state index in [2.05, 4.69) is 0 Å². The second kappa shape index (κ2) is 9.80. The molecule has 0 spiro atoms. The molecule has 0 aliphatic heterocycles. The van der Waals surface area contributed by atoms with E-state index in [9.17, 15) is 14.4 Å². The van der Waals surface area contributed by atoms with Gasteiger partial charge in [-0.1, -0.05) is 60.3 Å². The van der Waals surface area contributed by atoms with Gasteiger partial charge in [-0.3, -0.25) is 14.4 Å². The van der Waals surface area contributed by atoms with Crippen molar-refractivity contribution in [3.05, 3.63) is 130 Å². The fraction of sp³-hybridized carbons (Fsp3) is 0.0690. The van der Waals surface area contributed by atoms with Gasteiger partial charge in [0.1, 0.15) is 0 Å². The van der Waals surface area contributed by atoms with E-state index in [-0.39, 0.29) is 5.78 Å². The summed E-state index contributed by atoms with van der Waals surface area (Å²) in [7, 11) is 0. The van der Waals surface area contributed by atoms with E-state index in [0.717, 1.165) is 20.9 Å². The summed E-state index contributed by atoms with van der Waals surface area (Å²) in [6.45, 7) is 3.75. The number of carbonyl (C=O) groups is 3. The first-order chi connectivity index (χ1) is 15.9. The van der Waals surface area contributed by atoms with E-state index in [1.54, 1.807) is 24.3 Å². The first-order valence-electron chi connectivity index (χ1n) is 10.6. The maximum atomic E-state index is 12.8. The SMILES string of the molecule is Cc1ccccc1C(=O)C(=O)c1ccc(Sc2ccc(C(=O)c3ccccc3C)cc2)cc1. The van der Waals surface area contributed by atoms with Gasteiger partial charge in [0.05, 0.1) is 0 Å². The van der Waals surface area contributed by atoms with Gasteiger partial charge < -0.3 is 0 Å². The molecule has 33 heavy (non-hydrogen) atoms. The Morgan fingerprint density at radius 2 is 0.970 bits per heavy atom. The van der Waals surface area contributed by atoms with Gasteiger partial charge >= 0.3 is 0 Å². The van der Waals surface area contributed by atoms with Crippen molar-refractivity contribution in [1.29, 1.82) is 0 Å². The topological polar surface area (TPSA) is 51.2 Å². The van der Waals surface area contributed by atoms with Crippen molar-refractivity contribution < 1.29 is 14.4 Å². The highest BCUT2D eigenvalue weighted by molar-refractivity contribution is 7.99. The average Bonchev–Trinajstić information content (AvgIpc) is 2.84. The molecule has 0 unspecified atom stereocenters. The normalized spacial score (nSPS) is 10.6. The molecule has 0 aromatic heterocycles. The third-order valence-electron chi connectivity index (χ3n) is 5.45. The van der Waals surface area contributed by atoms with Crippen LogP contribution >= 0.6 is 11.8 Å². The summed E-state index contributed by atoms with van der Waals surface area (Å²) in [6, 6.07) is 29.1. The smallest absolute Gasteiger partial charge is 0.233 e. The largest absolute Gasteiger partial charge is 0.289 e. The van der Waals surface area contributed by atoms with Crippen LogP contribution in [0.4, 0.5) is 0 Å². The Morgan fingerprint density at radius 3 is 1.48 bits per heavy atom. The van der Waals surface area contributed by atoms with E-state index in [1.165, 1.54) is 11.8 Å². The van der Waals surface area contributed by atoms with E-state index in [1.807, 2.05) is 86.6 Å². The molecule has 0 saturated carbocycles. The highest BCUT2D eigenvalue weighted by atomic mass is 32.2. The highest BCUT2D eigenvalue weighted by Crippen LogP contribution is 2.29. The Kier molecular flexibility index (Phi) is 6.66. The standard InChI is InChI=1S/C29H22O3S/c1-19-7-3-5-9-25(19)27(30)21-11-15-23(16-12-21)33-24-17-13-22(14-18-24)28(31)29(32)26-10-6-4-8-20(26)2/h3-18H,1-2H3. The van der Waals surface area contributed by atoms with E-state index in [0.29, 0.717) is 22.3 Å². The van der Waals surface area contributed by atoms with Crippen molar-refractivity contribution in [3.63, 3.8) is 0 Å². The van der Waals surface area contributed by atoms with Crippen molar-refractivity contribution in [2.24, 2.45) is 0 Å². The highest BCUT2D eigenvalue weighted by Gasteiger charge is 2.19. The van der Waals surface area contributed by atoms with E-state index >= 15 is 0 Å². The van der Waals surface area contributed by atoms with Gasteiger partial charge in [0, 0.05) is 32.0 Å². The van der Waals surface area contributed by atoms with Gasteiger partial charge in [-0.15, -0.1) is 0 Å². The minimum absolute atomic E-state index is 0.00540. The molecule has 0 saturated heterocycles. The monoisotopic (exact) mass is 450 g/mol. The van der Waals surface area contributed by atoms with Crippen LogP contribution in [0.15, 0.2) is 107 Å². The van der Waals surface area contributed by atoms with Crippen LogP contribution in [0.1, 0.15) is 47.8 Å². The van der Waals surface area contributed by atoms with Crippen molar-refractivity contribution in [2.75, 3.05) is 0 Å². The Bertz CT molecular complexity index is 1340. The maximum Gasteiger partial charge on any atom is 0.233 e. The van der Waals surface area contributed by atoms with Crippen LogP contribution in [0.2, 0.25) is 0 Å². The zero-order chi connectivity index (χ0) is 23.4. The first-order valence-corrected chi connectivity index (χ1v) is 11.4. The Hall–Kier alpha value is -3.76. The number of ketones is 3. The summed E-state index contributed by atoms with van der Waals surface area (Å²) in [5.41, 5.74) is 3.89. The Balaban J connectivity index is 1.44. The third kappa shape index (κ3) is 5.02. The molecule has 0 aliphatic rings. The van der Waals surface area contributed by atoms with Gasteiger partial charge in [-0.05, 0) is 73.5 Å². The van der Waals surface area contributed by atoms with E-state index < -0.39 is 11.6 Å². The number of carbonyl (C=O) groups excluding carboxylic acids is 3. The summed E-state index contributed by atoms with van der Waals surface area (Å²) in [5.74, 6) is -1.01. The maximum absolute atomic E-state index is 12.8. The van der Waals surface area contributed by atoms with Crippen LogP contribution in [0.5, 0.6) is 0 Å². The molecule has 4 heteroatoms. The van der Waals surface area contributed by atoms with Crippen LogP contribution < -0.4 is 0 Å². The molecule has 4 rings (SSSR count). The fourth-order valence-electron chi connectivity index (χ4n) is 3.55. The number of rotatable bonds is 7. The number of benzene rings is 4. The zero-order valence-electron chi connectivity index (χ0n) is 18.4. The summed E-state index contributed by atoms with van der Waals surface area (Å²) in [4.78, 5) is 39.9. The van der Waals surface area contributed by atoms with Crippen molar-refractivity contribution in [1.82, 2.24) is 0 Å².